The summed E-state index contributed by atoms with van der Waals surface area (Å²) in [6.07, 6.45) is 2.31. The van der Waals surface area contributed by atoms with Crippen LogP contribution >= 0.6 is 47.0 Å². The molecule has 1 aromatic heterocycles. The molecule has 1 amide bonds. The van der Waals surface area contributed by atoms with E-state index in [1.54, 1.807) is 36.4 Å². The Morgan fingerprint density at radius 2 is 1.82 bits per heavy atom. The lowest BCUT2D eigenvalue weighted by molar-refractivity contribution is 0.0951. The first kappa shape index (κ1) is 23.9. The number of carbonyl (C=O) groups is 1. The number of benzene rings is 2. The molecule has 2 aromatic carbocycles. The zero-order valence-corrected chi connectivity index (χ0v) is 20.9. The number of amides is 1. The highest BCUT2D eigenvalue weighted by molar-refractivity contribution is 7.80. The van der Waals surface area contributed by atoms with Crippen LogP contribution < -0.4 is 15.5 Å². The predicted molar refractivity (Wildman–Crippen MR) is 140 cm³/mol. The van der Waals surface area contributed by atoms with Gasteiger partial charge >= 0.3 is 0 Å². The van der Waals surface area contributed by atoms with E-state index in [0.29, 0.717) is 32.1 Å². The van der Waals surface area contributed by atoms with Crippen LogP contribution in [0.15, 0.2) is 52.9 Å². The molecular formula is C24H22Cl3N3O2S. The number of piperidine rings is 1. The molecule has 1 aliphatic rings. The zero-order chi connectivity index (χ0) is 23.5. The summed E-state index contributed by atoms with van der Waals surface area (Å²) < 4.78 is 5.66. The Morgan fingerprint density at radius 1 is 1.06 bits per heavy atom. The topological polar surface area (TPSA) is 57.5 Å². The summed E-state index contributed by atoms with van der Waals surface area (Å²) in [7, 11) is 0. The van der Waals surface area contributed by atoms with Crippen LogP contribution in [0.2, 0.25) is 15.1 Å². The third kappa shape index (κ3) is 5.64. The van der Waals surface area contributed by atoms with E-state index >= 15 is 0 Å². The molecule has 0 spiro atoms. The summed E-state index contributed by atoms with van der Waals surface area (Å²) >= 11 is 24.1. The van der Waals surface area contributed by atoms with Gasteiger partial charge in [-0.1, -0.05) is 47.8 Å². The summed E-state index contributed by atoms with van der Waals surface area (Å²) in [6.45, 7) is 4.26. The highest BCUT2D eigenvalue weighted by Gasteiger charge is 2.19. The Balaban J connectivity index is 1.38. The number of nitrogens with one attached hydrogen (secondary N) is 2. The quantitative estimate of drug-likeness (QED) is 0.353. The highest BCUT2D eigenvalue weighted by atomic mass is 35.5. The van der Waals surface area contributed by atoms with Crippen LogP contribution in [-0.4, -0.2) is 24.1 Å². The number of hydrogen-bond acceptors (Lipinski definition) is 4. The van der Waals surface area contributed by atoms with Gasteiger partial charge in [-0.05, 0) is 73.4 Å². The normalized spacial score (nSPS) is 14.2. The maximum Gasteiger partial charge on any atom is 0.293 e. The predicted octanol–water partition coefficient (Wildman–Crippen LogP) is 7.27. The lowest BCUT2D eigenvalue weighted by Gasteiger charge is -2.32. The van der Waals surface area contributed by atoms with Crippen molar-refractivity contribution >= 4 is 69.4 Å². The van der Waals surface area contributed by atoms with Gasteiger partial charge in [0, 0.05) is 24.3 Å². The molecule has 0 bridgehead atoms. The minimum absolute atomic E-state index is 0.0953. The van der Waals surface area contributed by atoms with Gasteiger partial charge in [0.05, 0.1) is 20.8 Å². The maximum atomic E-state index is 12.6. The molecule has 2 heterocycles. The van der Waals surface area contributed by atoms with Crippen molar-refractivity contribution in [3.8, 4) is 11.3 Å². The molecule has 9 heteroatoms. The first-order valence-corrected chi connectivity index (χ1v) is 12.1. The van der Waals surface area contributed by atoms with Crippen molar-refractivity contribution in [1.29, 1.82) is 0 Å². The van der Waals surface area contributed by atoms with Crippen LogP contribution in [0.1, 0.15) is 30.3 Å². The van der Waals surface area contributed by atoms with Crippen molar-refractivity contribution < 1.29 is 9.21 Å². The van der Waals surface area contributed by atoms with Crippen molar-refractivity contribution in [2.45, 2.75) is 19.8 Å². The van der Waals surface area contributed by atoms with Crippen LogP contribution in [0.25, 0.3) is 11.3 Å². The molecular weight excluding hydrogens is 501 g/mol. The lowest BCUT2D eigenvalue weighted by atomic mass is 9.99. The number of furan rings is 1. The fourth-order valence-electron chi connectivity index (χ4n) is 3.72. The molecule has 33 heavy (non-hydrogen) atoms. The number of anilines is 2. The summed E-state index contributed by atoms with van der Waals surface area (Å²) in [4.78, 5) is 14.9. The second-order valence-corrected chi connectivity index (χ2v) is 9.61. The van der Waals surface area contributed by atoms with Gasteiger partial charge in [-0.3, -0.25) is 10.1 Å². The van der Waals surface area contributed by atoms with Crippen molar-refractivity contribution in [1.82, 2.24) is 5.32 Å². The fraction of sp³-hybridized carbons (Fsp3) is 0.250. The third-order valence-corrected chi connectivity index (χ3v) is 6.93. The molecule has 0 atom stereocenters. The highest BCUT2D eigenvalue weighted by Crippen LogP contribution is 2.34. The summed E-state index contributed by atoms with van der Waals surface area (Å²) in [5.41, 5.74) is 2.29. The Bertz CT molecular complexity index is 1190. The smallest absolute Gasteiger partial charge is 0.293 e. The van der Waals surface area contributed by atoms with Gasteiger partial charge in [-0.2, -0.15) is 0 Å². The van der Waals surface area contributed by atoms with Crippen LogP contribution in [0.3, 0.4) is 0 Å². The van der Waals surface area contributed by atoms with Gasteiger partial charge in [0.1, 0.15) is 5.76 Å². The molecule has 5 nitrogen and oxygen atoms in total. The van der Waals surface area contributed by atoms with E-state index in [9.17, 15) is 4.79 Å². The van der Waals surface area contributed by atoms with E-state index in [1.165, 1.54) is 0 Å². The Kier molecular flexibility index (Phi) is 7.49. The summed E-state index contributed by atoms with van der Waals surface area (Å²) in [6, 6.07) is 14.1. The number of thiocarbonyl (C=S) groups is 1. The third-order valence-electron chi connectivity index (χ3n) is 5.60. The molecule has 3 aromatic rings. The maximum absolute atomic E-state index is 12.6. The average molecular weight is 523 g/mol. The number of hydrogen-bond donors (Lipinski definition) is 2. The molecule has 0 aliphatic carbocycles. The van der Waals surface area contributed by atoms with Gasteiger partial charge in [0.15, 0.2) is 10.9 Å². The second kappa shape index (κ2) is 10.3. The van der Waals surface area contributed by atoms with Gasteiger partial charge in [-0.25, -0.2) is 0 Å². The van der Waals surface area contributed by atoms with Crippen LogP contribution in [0.4, 0.5) is 11.4 Å². The standard InChI is InChI=1S/C24H22Cl3N3O2S/c1-14-9-11-30(12-10-14)19-6-5-15(13-18(19)26)28-24(33)29-23(31)21-8-7-20(32-21)16-3-2-4-17(25)22(16)27/h2-8,13-14H,9-12H2,1H3,(H2,28,29,31,33). The summed E-state index contributed by atoms with van der Waals surface area (Å²) in [5, 5.41) is 7.14. The number of nitrogens with zero attached hydrogens (tertiary/aromatic N) is 1. The van der Waals surface area contributed by atoms with Crippen LogP contribution in [0.5, 0.6) is 0 Å². The van der Waals surface area contributed by atoms with Crippen molar-refractivity contribution in [3.05, 3.63) is 69.4 Å². The van der Waals surface area contributed by atoms with E-state index in [2.05, 4.69) is 22.5 Å². The van der Waals surface area contributed by atoms with Gasteiger partial charge in [0.2, 0.25) is 0 Å². The van der Waals surface area contributed by atoms with Gasteiger partial charge in [0.25, 0.3) is 5.91 Å². The Labute approximate surface area is 213 Å². The monoisotopic (exact) mass is 521 g/mol. The molecule has 172 valence electrons. The number of carbonyl (C=O) groups excluding carboxylic acids is 1. The van der Waals surface area contributed by atoms with E-state index in [-0.39, 0.29) is 10.9 Å². The molecule has 0 unspecified atom stereocenters. The second-order valence-electron chi connectivity index (χ2n) is 8.01. The van der Waals surface area contributed by atoms with Crippen molar-refractivity contribution in [2.75, 3.05) is 23.3 Å². The van der Waals surface area contributed by atoms with Crippen molar-refractivity contribution in [3.63, 3.8) is 0 Å². The summed E-state index contributed by atoms with van der Waals surface area (Å²) in [5.74, 6) is 0.788. The fourth-order valence-corrected chi connectivity index (χ4v) is 4.62. The van der Waals surface area contributed by atoms with E-state index in [4.69, 9.17) is 51.4 Å². The van der Waals surface area contributed by atoms with E-state index in [0.717, 1.165) is 37.5 Å². The molecule has 1 fully saturated rings. The molecule has 2 N–H and O–H groups in total. The Hall–Kier alpha value is -2.25. The Morgan fingerprint density at radius 3 is 2.55 bits per heavy atom. The average Bonchev–Trinajstić information content (AvgIpc) is 3.27. The SMILES string of the molecule is CC1CCN(c2ccc(NC(=S)NC(=O)c3ccc(-c4cccc(Cl)c4Cl)o3)cc2Cl)CC1. The number of rotatable bonds is 4. The van der Waals surface area contributed by atoms with Crippen molar-refractivity contribution in [2.24, 2.45) is 5.92 Å². The molecule has 1 saturated heterocycles. The molecule has 1 aliphatic heterocycles. The number of halogens is 3. The van der Waals surface area contributed by atoms with E-state index in [1.807, 2.05) is 12.1 Å². The van der Waals surface area contributed by atoms with Gasteiger partial charge in [-0.15, -0.1) is 0 Å². The molecule has 0 radical (unpaired) electrons. The van der Waals surface area contributed by atoms with E-state index < -0.39 is 5.91 Å². The first-order chi connectivity index (χ1) is 15.8. The molecule has 4 rings (SSSR count). The lowest BCUT2D eigenvalue weighted by Crippen LogP contribution is -2.34. The van der Waals surface area contributed by atoms with Gasteiger partial charge < -0.3 is 14.6 Å². The molecule has 0 saturated carbocycles. The van der Waals surface area contributed by atoms with Crippen LogP contribution in [0, 0.1) is 5.92 Å². The minimum atomic E-state index is -0.484. The minimum Gasteiger partial charge on any atom is -0.451 e. The first-order valence-electron chi connectivity index (χ1n) is 10.5. The largest absolute Gasteiger partial charge is 0.451 e. The zero-order valence-electron chi connectivity index (χ0n) is 17.8. The van der Waals surface area contributed by atoms with Crippen LogP contribution in [-0.2, 0) is 0 Å².